The lowest BCUT2D eigenvalue weighted by Gasteiger charge is -2.04. The SMILES string of the molecule is Cn1cc(-c2coc3c(C(=O)NCc4ccco4)cccc23)cn1. The summed E-state index contributed by atoms with van der Waals surface area (Å²) in [6.45, 7) is 0.332. The Hall–Kier alpha value is -3.28. The lowest BCUT2D eigenvalue weighted by molar-refractivity contribution is 0.0948. The van der Waals surface area contributed by atoms with E-state index in [1.807, 2.05) is 31.4 Å². The van der Waals surface area contributed by atoms with Gasteiger partial charge in [-0.15, -0.1) is 0 Å². The van der Waals surface area contributed by atoms with Crippen LogP contribution in [-0.2, 0) is 13.6 Å². The maximum atomic E-state index is 12.5. The number of aryl methyl sites for hydroxylation is 1. The minimum Gasteiger partial charge on any atom is -0.467 e. The summed E-state index contributed by atoms with van der Waals surface area (Å²) < 4.78 is 12.6. The minimum atomic E-state index is -0.205. The first-order chi connectivity index (χ1) is 11.7. The van der Waals surface area contributed by atoms with Gasteiger partial charge in [0.05, 0.1) is 30.8 Å². The number of hydrogen-bond donors (Lipinski definition) is 1. The molecule has 0 bridgehead atoms. The molecule has 24 heavy (non-hydrogen) atoms. The van der Waals surface area contributed by atoms with Crippen LogP contribution in [0.5, 0.6) is 0 Å². The number of carbonyl (C=O) groups is 1. The molecule has 0 radical (unpaired) electrons. The van der Waals surface area contributed by atoms with Crippen LogP contribution in [0.4, 0.5) is 0 Å². The van der Waals surface area contributed by atoms with Crippen LogP contribution in [0.3, 0.4) is 0 Å². The van der Waals surface area contributed by atoms with Crippen molar-refractivity contribution in [2.45, 2.75) is 6.54 Å². The van der Waals surface area contributed by atoms with Crippen molar-refractivity contribution >= 4 is 16.9 Å². The van der Waals surface area contributed by atoms with E-state index in [0.29, 0.717) is 23.5 Å². The molecule has 0 unspecified atom stereocenters. The highest BCUT2D eigenvalue weighted by molar-refractivity contribution is 6.08. The summed E-state index contributed by atoms with van der Waals surface area (Å²) in [6.07, 6.45) is 6.92. The molecule has 0 aliphatic heterocycles. The normalized spacial score (nSPS) is 11.0. The second-order valence-corrected chi connectivity index (χ2v) is 5.50. The van der Waals surface area contributed by atoms with Crippen molar-refractivity contribution in [3.05, 3.63) is 66.6 Å². The Morgan fingerprint density at radius 1 is 1.25 bits per heavy atom. The quantitative estimate of drug-likeness (QED) is 0.625. The molecule has 0 fully saturated rings. The highest BCUT2D eigenvalue weighted by Gasteiger charge is 2.17. The van der Waals surface area contributed by atoms with E-state index in [0.717, 1.165) is 16.5 Å². The Balaban J connectivity index is 1.66. The lowest BCUT2D eigenvalue weighted by atomic mass is 10.1. The van der Waals surface area contributed by atoms with Crippen molar-refractivity contribution in [3.8, 4) is 11.1 Å². The van der Waals surface area contributed by atoms with Crippen LogP contribution in [-0.4, -0.2) is 15.7 Å². The third-order valence-corrected chi connectivity index (χ3v) is 3.86. The smallest absolute Gasteiger partial charge is 0.255 e. The summed E-state index contributed by atoms with van der Waals surface area (Å²) in [4.78, 5) is 12.5. The van der Waals surface area contributed by atoms with E-state index in [9.17, 15) is 4.79 Å². The summed E-state index contributed by atoms with van der Waals surface area (Å²) >= 11 is 0. The van der Waals surface area contributed by atoms with Crippen molar-refractivity contribution in [1.82, 2.24) is 15.1 Å². The first-order valence-corrected chi connectivity index (χ1v) is 7.52. The fourth-order valence-corrected chi connectivity index (χ4v) is 2.70. The first kappa shape index (κ1) is 14.3. The molecule has 0 aliphatic carbocycles. The molecule has 0 aliphatic rings. The molecule has 6 heteroatoms. The van der Waals surface area contributed by atoms with Gasteiger partial charge in [-0.3, -0.25) is 9.48 Å². The van der Waals surface area contributed by atoms with Crippen LogP contribution in [0.2, 0.25) is 0 Å². The molecule has 1 aromatic carbocycles. The average molecular weight is 321 g/mol. The molecule has 1 amide bonds. The number of para-hydroxylation sites is 1. The fraction of sp³-hybridized carbons (Fsp3) is 0.111. The van der Waals surface area contributed by atoms with Crippen LogP contribution >= 0.6 is 0 Å². The predicted octanol–water partition coefficient (Wildman–Crippen LogP) is 3.36. The number of hydrogen-bond acceptors (Lipinski definition) is 4. The maximum Gasteiger partial charge on any atom is 0.255 e. The second kappa shape index (κ2) is 5.73. The van der Waals surface area contributed by atoms with Gasteiger partial charge in [-0.05, 0) is 18.2 Å². The van der Waals surface area contributed by atoms with Gasteiger partial charge in [0.1, 0.15) is 11.3 Å². The first-order valence-electron chi connectivity index (χ1n) is 7.52. The molecule has 3 aromatic heterocycles. The van der Waals surface area contributed by atoms with Gasteiger partial charge in [-0.25, -0.2) is 0 Å². The zero-order chi connectivity index (χ0) is 16.5. The minimum absolute atomic E-state index is 0.205. The lowest BCUT2D eigenvalue weighted by Crippen LogP contribution is -2.22. The van der Waals surface area contributed by atoms with Gasteiger partial charge >= 0.3 is 0 Å². The van der Waals surface area contributed by atoms with Gasteiger partial charge in [0.25, 0.3) is 5.91 Å². The highest BCUT2D eigenvalue weighted by atomic mass is 16.3. The molecule has 0 spiro atoms. The predicted molar refractivity (Wildman–Crippen MR) is 88.3 cm³/mol. The largest absolute Gasteiger partial charge is 0.467 e. The van der Waals surface area contributed by atoms with Crippen LogP contribution in [0, 0.1) is 0 Å². The molecule has 6 nitrogen and oxygen atoms in total. The highest BCUT2D eigenvalue weighted by Crippen LogP contribution is 2.32. The van der Waals surface area contributed by atoms with E-state index in [2.05, 4.69) is 10.4 Å². The molecule has 0 saturated heterocycles. The Morgan fingerprint density at radius 2 is 2.17 bits per heavy atom. The third-order valence-electron chi connectivity index (χ3n) is 3.86. The van der Waals surface area contributed by atoms with E-state index in [1.54, 1.807) is 35.5 Å². The Labute approximate surface area is 137 Å². The Morgan fingerprint density at radius 3 is 2.92 bits per heavy atom. The molecule has 4 rings (SSSR count). The average Bonchev–Trinajstić information content (AvgIpc) is 3.32. The molecule has 0 atom stereocenters. The van der Waals surface area contributed by atoms with Crippen molar-refractivity contribution in [3.63, 3.8) is 0 Å². The second-order valence-electron chi connectivity index (χ2n) is 5.50. The van der Waals surface area contributed by atoms with Gasteiger partial charge < -0.3 is 14.2 Å². The Bertz CT molecular complexity index is 996. The molecular weight excluding hydrogens is 306 g/mol. The van der Waals surface area contributed by atoms with Gasteiger partial charge in [0, 0.05) is 29.8 Å². The van der Waals surface area contributed by atoms with Crippen LogP contribution in [0.1, 0.15) is 16.1 Å². The van der Waals surface area contributed by atoms with Gasteiger partial charge in [-0.1, -0.05) is 12.1 Å². The van der Waals surface area contributed by atoms with Gasteiger partial charge in [0.15, 0.2) is 0 Å². The van der Waals surface area contributed by atoms with Crippen molar-refractivity contribution < 1.29 is 13.6 Å². The van der Waals surface area contributed by atoms with E-state index >= 15 is 0 Å². The number of furan rings is 2. The number of nitrogens with zero attached hydrogens (tertiary/aromatic N) is 2. The van der Waals surface area contributed by atoms with Gasteiger partial charge in [-0.2, -0.15) is 5.10 Å². The summed E-state index contributed by atoms with van der Waals surface area (Å²) in [6, 6.07) is 9.13. The number of nitrogens with one attached hydrogen (secondary N) is 1. The zero-order valence-corrected chi connectivity index (χ0v) is 13.0. The van der Waals surface area contributed by atoms with E-state index < -0.39 is 0 Å². The summed E-state index contributed by atoms with van der Waals surface area (Å²) in [5.41, 5.74) is 2.92. The number of rotatable bonds is 4. The Kier molecular flexibility index (Phi) is 3.42. The van der Waals surface area contributed by atoms with Crippen molar-refractivity contribution in [2.24, 2.45) is 7.05 Å². The van der Waals surface area contributed by atoms with Crippen molar-refractivity contribution in [2.75, 3.05) is 0 Å². The standard InChI is InChI=1S/C18H15N3O3/c1-21-10-12(8-20-21)16-11-24-17-14(16)5-2-6-15(17)18(22)19-9-13-4-3-7-23-13/h2-8,10-11H,9H2,1H3,(H,19,22). The zero-order valence-electron chi connectivity index (χ0n) is 13.0. The molecule has 3 heterocycles. The number of amides is 1. The molecule has 4 aromatic rings. The van der Waals surface area contributed by atoms with E-state index in [1.165, 1.54) is 0 Å². The molecule has 1 N–H and O–H groups in total. The van der Waals surface area contributed by atoms with Crippen molar-refractivity contribution in [1.29, 1.82) is 0 Å². The summed E-state index contributed by atoms with van der Waals surface area (Å²) in [7, 11) is 1.86. The monoisotopic (exact) mass is 321 g/mol. The number of benzene rings is 1. The number of aromatic nitrogens is 2. The van der Waals surface area contributed by atoms with E-state index in [-0.39, 0.29) is 5.91 Å². The van der Waals surface area contributed by atoms with Crippen LogP contribution in [0.25, 0.3) is 22.1 Å². The molecule has 0 saturated carbocycles. The molecule has 120 valence electrons. The maximum absolute atomic E-state index is 12.5. The topological polar surface area (TPSA) is 73.2 Å². The fourth-order valence-electron chi connectivity index (χ4n) is 2.70. The number of carbonyl (C=O) groups excluding carboxylic acids is 1. The van der Waals surface area contributed by atoms with Gasteiger partial charge in [0.2, 0.25) is 0 Å². The van der Waals surface area contributed by atoms with E-state index in [4.69, 9.17) is 8.83 Å². The van der Waals surface area contributed by atoms with Crippen LogP contribution < -0.4 is 5.32 Å². The van der Waals surface area contributed by atoms with Crippen LogP contribution in [0.15, 0.2) is 64.1 Å². The summed E-state index contributed by atoms with van der Waals surface area (Å²) in [5, 5.41) is 7.90. The number of fused-ring (bicyclic) bond motifs is 1. The molecular formula is C18H15N3O3. The third kappa shape index (κ3) is 2.48. The summed E-state index contributed by atoms with van der Waals surface area (Å²) in [5.74, 6) is 0.495.